The van der Waals surface area contributed by atoms with Crippen molar-refractivity contribution in [2.45, 2.75) is 38.8 Å². The van der Waals surface area contributed by atoms with Crippen LogP contribution >= 0.6 is 0 Å². The zero-order valence-electron chi connectivity index (χ0n) is 9.09. The molecule has 0 radical (unpaired) electrons. The first-order valence-corrected chi connectivity index (χ1v) is 5.61. The lowest BCUT2D eigenvalue weighted by atomic mass is 10.0. The van der Waals surface area contributed by atoms with Crippen molar-refractivity contribution in [3.8, 4) is 0 Å². The number of nitrogens with one attached hydrogen (secondary N) is 1. The molecule has 1 N–H and O–H groups in total. The average Bonchev–Trinajstić information content (AvgIpc) is 2.63. The highest BCUT2D eigenvalue weighted by molar-refractivity contribution is 5.00. The van der Waals surface area contributed by atoms with E-state index in [-0.39, 0.29) is 0 Å². The second-order valence-corrected chi connectivity index (χ2v) is 5.14. The van der Waals surface area contributed by atoms with Crippen LogP contribution in [0.3, 0.4) is 0 Å². The van der Waals surface area contributed by atoms with Crippen molar-refractivity contribution in [2.24, 2.45) is 11.8 Å². The highest BCUT2D eigenvalue weighted by Crippen LogP contribution is 2.41. The van der Waals surface area contributed by atoms with Gasteiger partial charge < -0.3 is 10.2 Å². The Hall–Kier alpha value is -0.0800. The van der Waals surface area contributed by atoms with Gasteiger partial charge in [0.25, 0.3) is 0 Å². The van der Waals surface area contributed by atoms with Crippen LogP contribution < -0.4 is 5.32 Å². The summed E-state index contributed by atoms with van der Waals surface area (Å²) in [5, 5.41) is 3.64. The second-order valence-electron chi connectivity index (χ2n) is 5.14. The van der Waals surface area contributed by atoms with E-state index < -0.39 is 0 Å². The Morgan fingerprint density at radius 2 is 2.15 bits per heavy atom. The Labute approximate surface area is 81.7 Å². The summed E-state index contributed by atoms with van der Waals surface area (Å²) in [6.07, 6.45) is 2.86. The minimum atomic E-state index is 0.661. The second kappa shape index (κ2) is 3.58. The van der Waals surface area contributed by atoms with Gasteiger partial charge in [-0.3, -0.25) is 0 Å². The lowest BCUT2D eigenvalue weighted by Crippen LogP contribution is -2.28. The molecule has 2 rings (SSSR count). The summed E-state index contributed by atoms with van der Waals surface area (Å²) in [6.45, 7) is 7.14. The van der Waals surface area contributed by atoms with E-state index >= 15 is 0 Å². The highest BCUT2D eigenvalue weighted by atomic mass is 15.1. The van der Waals surface area contributed by atoms with E-state index in [0.29, 0.717) is 6.04 Å². The van der Waals surface area contributed by atoms with Crippen LogP contribution in [0, 0.1) is 11.8 Å². The molecule has 2 heteroatoms. The number of hydrogen-bond acceptors (Lipinski definition) is 2. The lowest BCUT2D eigenvalue weighted by molar-refractivity contribution is 0.372. The zero-order valence-corrected chi connectivity index (χ0v) is 9.09. The van der Waals surface area contributed by atoms with E-state index in [1.54, 1.807) is 0 Å². The van der Waals surface area contributed by atoms with Gasteiger partial charge in [-0.15, -0.1) is 0 Å². The van der Waals surface area contributed by atoms with E-state index in [4.69, 9.17) is 0 Å². The SMILES string of the molecule is CC(C)NC1CC1C1CCN(C)C1. The summed E-state index contributed by atoms with van der Waals surface area (Å²) in [6, 6.07) is 1.51. The summed E-state index contributed by atoms with van der Waals surface area (Å²) in [7, 11) is 2.24. The van der Waals surface area contributed by atoms with Gasteiger partial charge in [-0.05, 0) is 38.3 Å². The van der Waals surface area contributed by atoms with Crippen molar-refractivity contribution < 1.29 is 0 Å². The molecule has 1 saturated heterocycles. The summed E-state index contributed by atoms with van der Waals surface area (Å²) >= 11 is 0. The maximum Gasteiger partial charge on any atom is 0.0105 e. The zero-order chi connectivity index (χ0) is 9.42. The van der Waals surface area contributed by atoms with Crippen molar-refractivity contribution in [3.05, 3.63) is 0 Å². The molecule has 2 fully saturated rings. The minimum absolute atomic E-state index is 0.661. The number of hydrogen-bond donors (Lipinski definition) is 1. The van der Waals surface area contributed by atoms with E-state index in [9.17, 15) is 0 Å². The van der Waals surface area contributed by atoms with Gasteiger partial charge in [0.15, 0.2) is 0 Å². The molecule has 2 aliphatic rings. The molecule has 1 aliphatic heterocycles. The Bertz CT molecular complexity index is 179. The Balaban J connectivity index is 1.73. The predicted molar refractivity (Wildman–Crippen MR) is 55.8 cm³/mol. The van der Waals surface area contributed by atoms with Crippen LogP contribution in [-0.2, 0) is 0 Å². The molecule has 0 aromatic heterocycles. The van der Waals surface area contributed by atoms with Crippen molar-refractivity contribution >= 4 is 0 Å². The molecule has 1 heterocycles. The molecular weight excluding hydrogens is 160 g/mol. The van der Waals surface area contributed by atoms with E-state index in [2.05, 4.69) is 31.1 Å². The number of rotatable bonds is 3. The molecule has 13 heavy (non-hydrogen) atoms. The van der Waals surface area contributed by atoms with Crippen LogP contribution in [-0.4, -0.2) is 37.1 Å². The van der Waals surface area contributed by atoms with Gasteiger partial charge in [-0.1, -0.05) is 13.8 Å². The smallest absolute Gasteiger partial charge is 0.0105 e. The molecule has 3 atom stereocenters. The molecule has 0 aromatic rings. The van der Waals surface area contributed by atoms with Crippen LogP contribution in [0.4, 0.5) is 0 Å². The molecule has 1 saturated carbocycles. The van der Waals surface area contributed by atoms with Crippen molar-refractivity contribution in [3.63, 3.8) is 0 Å². The van der Waals surface area contributed by atoms with Crippen LogP contribution in [0.25, 0.3) is 0 Å². The molecule has 3 unspecified atom stereocenters. The highest BCUT2D eigenvalue weighted by Gasteiger charge is 2.44. The topological polar surface area (TPSA) is 15.3 Å². The van der Waals surface area contributed by atoms with Crippen molar-refractivity contribution in [1.82, 2.24) is 10.2 Å². The van der Waals surface area contributed by atoms with Gasteiger partial charge in [0.05, 0.1) is 0 Å². The predicted octanol–water partition coefficient (Wildman–Crippen LogP) is 1.32. The first-order valence-electron chi connectivity index (χ1n) is 5.61. The van der Waals surface area contributed by atoms with E-state index in [0.717, 1.165) is 17.9 Å². The summed E-state index contributed by atoms with van der Waals surface area (Å²) in [4.78, 5) is 2.47. The Morgan fingerprint density at radius 1 is 1.38 bits per heavy atom. The van der Waals surface area contributed by atoms with Gasteiger partial charge in [0.2, 0.25) is 0 Å². The number of nitrogens with zero attached hydrogens (tertiary/aromatic N) is 1. The van der Waals surface area contributed by atoms with E-state index in [1.807, 2.05) is 0 Å². The third-order valence-corrected chi connectivity index (χ3v) is 3.42. The molecule has 2 nitrogen and oxygen atoms in total. The summed E-state index contributed by atoms with van der Waals surface area (Å²) in [5.41, 5.74) is 0. The van der Waals surface area contributed by atoms with E-state index in [1.165, 1.54) is 25.9 Å². The van der Waals surface area contributed by atoms with Crippen molar-refractivity contribution in [1.29, 1.82) is 0 Å². The molecule has 0 spiro atoms. The average molecular weight is 182 g/mol. The van der Waals surface area contributed by atoms with Crippen LogP contribution in [0.5, 0.6) is 0 Å². The molecular formula is C11H22N2. The molecule has 76 valence electrons. The third kappa shape index (κ3) is 2.23. The van der Waals surface area contributed by atoms with Gasteiger partial charge >= 0.3 is 0 Å². The van der Waals surface area contributed by atoms with Crippen LogP contribution in [0.1, 0.15) is 26.7 Å². The summed E-state index contributed by atoms with van der Waals surface area (Å²) in [5.74, 6) is 1.98. The maximum absolute atomic E-state index is 3.64. The minimum Gasteiger partial charge on any atom is -0.311 e. The third-order valence-electron chi connectivity index (χ3n) is 3.42. The van der Waals surface area contributed by atoms with Gasteiger partial charge in [0, 0.05) is 18.6 Å². The monoisotopic (exact) mass is 182 g/mol. The van der Waals surface area contributed by atoms with Gasteiger partial charge in [-0.25, -0.2) is 0 Å². The fourth-order valence-corrected chi connectivity index (χ4v) is 2.67. The first-order chi connectivity index (χ1) is 6.16. The normalized spacial score (nSPS) is 40.2. The van der Waals surface area contributed by atoms with Crippen LogP contribution in [0.2, 0.25) is 0 Å². The maximum atomic E-state index is 3.64. The standard InChI is InChI=1S/C11H22N2/c1-8(2)12-11-6-10(11)9-4-5-13(3)7-9/h8-12H,4-7H2,1-3H3. The molecule has 0 bridgehead atoms. The fraction of sp³-hybridized carbons (Fsp3) is 1.00. The Morgan fingerprint density at radius 3 is 2.69 bits per heavy atom. The van der Waals surface area contributed by atoms with Crippen molar-refractivity contribution in [2.75, 3.05) is 20.1 Å². The Kier molecular flexibility index (Phi) is 2.61. The van der Waals surface area contributed by atoms with Crippen LogP contribution in [0.15, 0.2) is 0 Å². The fourth-order valence-electron chi connectivity index (χ4n) is 2.67. The first kappa shape index (κ1) is 9.47. The van der Waals surface area contributed by atoms with Gasteiger partial charge in [0.1, 0.15) is 0 Å². The van der Waals surface area contributed by atoms with Gasteiger partial charge in [-0.2, -0.15) is 0 Å². The molecule has 0 aromatic carbocycles. The number of likely N-dealkylation sites (tertiary alicyclic amines) is 1. The summed E-state index contributed by atoms with van der Waals surface area (Å²) < 4.78 is 0. The quantitative estimate of drug-likeness (QED) is 0.708. The molecule has 0 amide bonds. The lowest BCUT2D eigenvalue weighted by Gasteiger charge is -2.11. The molecule has 1 aliphatic carbocycles. The largest absolute Gasteiger partial charge is 0.311 e.